The lowest BCUT2D eigenvalue weighted by molar-refractivity contribution is -0.155. The Morgan fingerprint density at radius 2 is 1.70 bits per heavy atom. The van der Waals surface area contributed by atoms with Crippen LogP contribution in [-0.2, 0) is 30.7 Å². The minimum atomic E-state index is -3.67. The molecule has 0 N–H and O–H groups in total. The van der Waals surface area contributed by atoms with Gasteiger partial charge in [-0.3, -0.25) is 9.78 Å². The molecule has 0 saturated heterocycles. The lowest BCUT2D eigenvalue weighted by Gasteiger charge is -2.23. The lowest BCUT2D eigenvalue weighted by atomic mass is 10.0. The fraction of sp³-hybridized carbons (Fsp3) is 0.481. The van der Waals surface area contributed by atoms with Crippen molar-refractivity contribution in [3.8, 4) is 11.1 Å². The van der Waals surface area contributed by atoms with Crippen molar-refractivity contribution < 1.29 is 27.5 Å². The van der Waals surface area contributed by atoms with Gasteiger partial charge in [-0.05, 0) is 72.1 Å². The van der Waals surface area contributed by atoms with Crippen molar-refractivity contribution in [1.82, 2.24) is 19.1 Å². The van der Waals surface area contributed by atoms with Crippen molar-refractivity contribution in [2.24, 2.45) is 0 Å². The Balaban J connectivity index is 1.90. The van der Waals surface area contributed by atoms with Gasteiger partial charge >= 0.3 is 12.1 Å². The van der Waals surface area contributed by atoms with E-state index < -0.39 is 39.8 Å². The van der Waals surface area contributed by atoms with Gasteiger partial charge in [-0.25, -0.2) is 13.2 Å². The smallest absolute Gasteiger partial charge is 0.435 e. The van der Waals surface area contributed by atoms with Gasteiger partial charge in [0, 0.05) is 29.4 Å². The molecular weight excluding hydrogens is 579 g/mol. The first-order valence-corrected chi connectivity index (χ1v) is 15.2. The lowest BCUT2D eigenvalue weighted by Crippen LogP contribution is -2.38. The summed E-state index contributed by atoms with van der Waals surface area (Å²) < 4.78 is 37.6. The SMILES string of the molecule is CC(C)(C)OC(=O)CN(CCCc1cc(-c2cnn(C(=O)OC(C)(C)C)c2)c2ccc(Cl)c(Cl)c2n1)S(C)(=O)=O. The molecule has 3 rings (SSSR count). The van der Waals surface area contributed by atoms with Gasteiger partial charge in [0.2, 0.25) is 10.0 Å². The van der Waals surface area contributed by atoms with Gasteiger partial charge in [0.15, 0.2) is 0 Å². The third kappa shape index (κ3) is 8.63. The highest BCUT2D eigenvalue weighted by atomic mass is 35.5. The maximum absolute atomic E-state index is 12.5. The standard InChI is InChI=1S/C27H34Cl2N4O6S/c1-26(2,3)38-22(34)16-32(40(7,36)37)12-8-9-18-13-20(19-10-11-21(28)23(29)24(19)31-18)17-14-30-33(15-17)25(35)39-27(4,5)6/h10-11,13-15H,8-9,12,16H2,1-7H3. The van der Waals surface area contributed by atoms with Gasteiger partial charge in [0.25, 0.3) is 0 Å². The summed E-state index contributed by atoms with van der Waals surface area (Å²) in [6, 6.07) is 5.28. The van der Waals surface area contributed by atoms with Crippen LogP contribution in [0.5, 0.6) is 0 Å². The topological polar surface area (TPSA) is 121 Å². The molecule has 0 unspecified atom stereocenters. The van der Waals surface area contributed by atoms with Crippen LogP contribution < -0.4 is 0 Å². The predicted octanol–water partition coefficient (Wildman–Crippen LogP) is 5.72. The number of hydrogen-bond acceptors (Lipinski definition) is 8. The molecule has 0 fully saturated rings. The first kappa shape index (κ1) is 31.8. The zero-order chi connectivity index (χ0) is 30.0. The molecule has 0 aliphatic heterocycles. The second-order valence-electron chi connectivity index (χ2n) is 11.4. The van der Waals surface area contributed by atoms with Crippen LogP contribution in [0.4, 0.5) is 4.79 Å². The zero-order valence-electron chi connectivity index (χ0n) is 23.6. The van der Waals surface area contributed by atoms with Crippen LogP contribution in [0.3, 0.4) is 0 Å². The third-order valence-corrected chi connectivity index (χ3v) is 7.48. The third-order valence-electron chi connectivity index (χ3n) is 5.43. The maximum Gasteiger partial charge on any atom is 0.435 e. The number of aryl methyl sites for hydroxylation is 1. The molecule has 13 heteroatoms. The van der Waals surface area contributed by atoms with E-state index in [4.69, 9.17) is 32.7 Å². The summed E-state index contributed by atoms with van der Waals surface area (Å²) in [5, 5.41) is 5.46. The van der Waals surface area contributed by atoms with Gasteiger partial charge in [-0.1, -0.05) is 29.3 Å². The Morgan fingerprint density at radius 1 is 1.05 bits per heavy atom. The summed E-state index contributed by atoms with van der Waals surface area (Å²) >= 11 is 12.8. The number of carbonyl (C=O) groups is 2. The number of pyridine rings is 1. The zero-order valence-corrected chi connectivity index (χ0v) is 25.9. The van der Waals surface area contributed by atoms with Crippen molar-refractivity contribution in [3.63, 3.8) is 0 Å². The van der Waals surface area contributed by atoms with Crippen molar-refractivity contribution in [3.05, 3.63) is 46.3 Å². The molecule has 1 aromatic carbocycles. The number of carbonyl (C=O) groups excluding carboxylic acids is 2. The molecule has 2 aromatic heterocycles. The van der Waals surface area contributed by atoms with E-state index in [1.54, 1.807) is 59.9 Å². The number of hydrogen-bond donors (Lipinski definition) is 0. The maximum atomic E-state index is 12.5. The molecule has 0 radical (unpaired) electrons. The number of rotatable bonds is 8. The first-order valence-electron chi connectivity index (χ1n) is 12.6. The summed E-state index contributed by atoms with van der Waals surface area (Å²) in [6.07, 6.45) is 4.26. The van der Waals surface area contributed by atoms with Crippen LogP contribution in [0, 0.1) is 0 Å². The van der Waals surface area contributed by atoms with E-state index >= 15 is 0 Å². The summed E-state index contributed by atoms with van der Waals surface area (Å²) in [5.41, 5.74) is 0.988. The average molecular weight is 614 g/mol. The van der Waals surface area contributed by atoms with E-state index in [-0.39, 0.29) is 11.6 Å². The molecule has 2 heterocycles. The monoisotopic (exact) mass is 612 g/mol. The Hall–Kier alpha value is -2.73. The Morgan fingerprint density at radius 3 is 2.30 bits per heavy atom. The fourth-order valence-corrected chi connectivity index (χ4v) is 5.00. The Kier molecular flexibility index (Phi) is 9.55. The quantitative estimate of drug-likeness (QED) is 0.296. The second-order valence-corrected chi connectivity index (χ2v) is 14.1. The minimum Gasteiger partial charge on any atom is -0.459 e. The molecule has 3 aromatic rings. The summed E-state index contributed by atoms with van der Waals surface area (Å²) in [4.78, 5) is 29.5. The van der Waals surface area contributed by atoms with Crippen LogP contribution >= 0.6 is 23.2 Å². The number of nitrogens with zero attached hydrogens (tertiary/aromatic N) is 4. The summed E-state index contributed by atoms with van der Waals surface area (Å²) in [5.74, 6) is -0.632. The molecule has 40 heavy (non-hydrogen) atoms. The van der Waals surface area contributed by atoms with E-state index in [0.717, 1.165) is 15.2 Å². The molecule has 0 atom stereocenters. The number of aromatic nitrogens is 3. The van der Waals surface area contributed by atoms with Gasteiger partial charge in [-0.15, -0.1) is 0 Å². The van der Waals surface area contributed by atoms with Crippen molar-refractivity contribution >= 4 is 56.2 Å². The van der Waals surface area contributed by atoms with E-state index in [2.05, 4.69) is 10.1 Å². The molecule has 0 saturated carbocycles. The largest absolute Gasteiger partial charge is 0.459 e. The van der Waals surface area contributed by atoms with Crippen molar-refractivity contribution in [1.29, 1.82) is 0 Å². The normalized spacial score (nSPS) is 12.7. The van der Waals surface area contributed by atoms with Crippen LogP contribution in [0.25, 0.3) is 22.0 Å². The highest BCUT2D eigenvalue weighted by Crippen LogP contribution is 2.36. The van der Waals surface area contributed by atoms with Crippen LogP contribution in [0.2, 0.25) is 10.0 Å². The van der Waals surface area contributed by atoms with E-state index in [1.807, 2.05) is 6.07 Å². The number of ether oxygens (including phenoxy) is 2. The number of sulfonamides is 1. The van der Waals surface area contributed by atoms with Crippen LogP contribution in [0.1, 0.15) is 53.7 Å². The Labute approximate surface area is 244 Å². The van der Waals surface area contributed by atoms with E-state index in [0.29, 0.717) is 45.6 Å². The number of halogens is 2. The van der Waals surface area contributed by atoms with Crippen LogP contribution in [0.15, 0.2) is 30.6 Å². The predicted molar refractivity (Wildman–Crippen MR) is 155 cm³/mol. The van der Waals surface area contributed by atoms with E-state index in [1.165, 1.54) is 6.20 Å². The molecule has 0 spiro atoms. The summed E-state index contributed by atoms with van der Waals surface area (Å²) in [7, 11) is -3.67. The average Bonchev–Trinajstić information content (AvgIpc) is 3.28. The molecule has 0 amide bonds. The fourth-order valence-electron chi connectivity index (χ4n) is 3.84. The van der Waals surface area contributed by atoms with Gasteiger partial charge in [0.05, 0.1) is 28.0 Å². The van der Waals surface area contributed by atoms with Gasteiger partial charge < -0.3 is 9.47 Å². The molecule has 0 aliphatic carbocycles. The first-order chi connectivity index (χ1) is 18.3. The molecule has 218 valence electrons. The highest BCUT2D eigenvalue weighted by molar-refractivity contribution is 7.88. The van der Waals surface area contributed by atoms with Gasteiger partial charge in [0.1, 0.15) is 17.7 Å². The van der Waals surface area contributed by atoms with Crippen molar-refractivity contribution in [2.75, 3.05) is 19.3 Å². The molecule has 0 bridgehead atoms. The van der Waals surface area contributed by atoms with Gasteiger partial charge in [-0.2, -0.15) is 14.1 Å². The molecule has 10 nitrogen and oxygen atoms in total. The number of esters is 1. The number of fused-ring (bicyclic) bond motifs is 1. The second kappa shape index (κ2) is 12.0. The van der Waals surface area contributed by atoms with Crippen LogP contribution in [-0.4, -0.2) is 70.1 Å². The van der Waals surface area contributed by atoms with Crippen molar-refractivity contribution in [2.45, 2.75) is 65.6 Å². The summed E-state index contributed by atoms with van der Waals surface area (Å²) in [6.45, 7) is 10.1. The molecular formula is C27H34Cl2N4O6S. The highest BCUT2D eigenvalue weighted by Gasteiger charge is 2.24. The number of benzene rings is 1. The molecule has 0 aliphatic rings. The van der Waals surface area contributed by atoms with E-state index in [9.17, 15) is 18.0 Å². The Bertz CT molecular complexity index is 1520. The minimum absolute atomic E-state index is 0.0764.